The second-order valence-electron chi connectivity index (χ2n) is 4.48. The number of alkyl halides is 3. The van der Waals surface area contributed by atoms with Crippen LogP contribution in [-0.2, 0) is 6.18 Å². The molecule has 3 rings (SSSR count). The summed E-state index contributed by atoms with van der Waals surface area (Å²) in [5.41, 5.74) is 0.104. The summed E-state index contributed by atoms with van der Waals surface area (Å²) >= 11 is 2.43. The molecule has 0 radical (unpaired) electrons. The van der Waals surface area contributed by atoms with Crippen LogP contribution in [0.4, 0.5) is 13.2 Å². The molecule has 3 heterocycles. The lowest BCUT2D eigenvalue weighted by atomic mass is 10.3. The van der Waals surface area contributed by atoms with Gasteiger partial charge in [-0.05, 0) is 30.8 Å². The van der Waals surface area contributed by atoms with Gasteiger partial charge in [0.2, 0.25) is 0 Å². The van der Waals surface area contributed by atoms with E-state index in [4.69, 9.17) is 0 Å². The third-order valence-corrected chi connectivity index (χ3v) is 4.65. The zero-order chi connectivity index (χ0) is 16.4. The van der Waals surface area contributed by atoms with Gasteiger partial charge in [-0.3, -0.25) is 4.98 Å². The Kier molecular flexibility index (Phi) is 4.31. The largest absolute Gasteiger partial charge is 0.433 e. The number of pyridine rings is 1. The second kappa shape index (κ2) is 6.25. The number of thiazole rings is 1. The summed E-state index contributed by atoms with van der Waals surface area (Å²) in [6, 6.07) is 5.83. The molecular formula is C14H9F3N4S2. The number of hydrogen-bond acceptors (Lipinski definition) is 6. The topological polar surface area (TPSA) is 51.6 Å². The lowest BCUT2D eigenvalue weighted by Crippen LogP contribution is -2.10. The van der Waals surface area contributed by atoms with Crippen LogP contribution in [0, 0.1) is 6.92 Å². The van der Waals surface area contributed by atoms with Gasteiger partial charge in [0.1, 0.15) is 16.4 Å². The zero-order valence-corrected chi connectivity index (χ0v) is 13.3. The van der Waals surface area contributed by atoms with Crippen molar-refractivity contribution < 1.29 is 13.2 Å². The van der Waals surface area contributed by atoms with Crippen LogP contribution in [0.3, 0.4) is 0 Å². The molecule has 0 amide bonds. The normalized spacial score (nSPS) is 11.7. The maximum absolute atomic E-state index is 13.1. The Morgan fingerprint density at radius 3 is 2.57 bits per heavy atom. The molecule has 3 aromatic rings. The van der Waals surface area contributed by atoms with Crippen molar-refractivity contribution >= 4 is 23.1 Å². The standard InChI is InChI=1S/C14H9F3N4S2/c1-8-7-22-13(19-8)23-11-6-10(14(15,16)17)20-12(21-11)9-4-2-3-5-18-9/h2-7H,1H3. The minimum Gasteiger partial charge on any atom is -0.253 e. The van der Waals surface area contributed by atoms with Crippen molar-refractivity contribution in [2.24, 2.45) is 0 Å². The lowest BCUT2D eigenvalue weighted by molar-refractivity contribution is -0.141. The van der Waals surface area contributed by atoms with Gasteiger partial charge in [-0.1, -0.05) is 6.07 Å². The van der Waals surface area contributed by atoms with Crippen molar-refractivity contribution in [1.82, 2.24) is 19.9 Å². The monoisotopic (exact) mass is 354 g/mol. The van der Waals surface area contributed by atoms with E-state index >= 15 is 0 Å². The molecule has 0 spiro atoms. The van der Waals surface area contributed by atoms with Gasteiger partial charge in [0.15, 0.2) is 10.2 Å². The highest BCUT2D eigenvalue weighted by atomic mass is 32.2. The van der Waals surface area contributed by atoms with Gasteiger partial charge in [0.05, 0.1) is 0 Å². The summed E-state index contributed by atoms with van der Waals surface area (Å²) < 4.78 is 39.8. The van der Waals surface area contributed by atoms with E-state index in [-0.39, 0.29) is 16.5 Å². The molecule has 0 aliphatic carbocycles. The number of halogens is 3. The molecular weight excluding hydrogens is 345 g/mol. The molecule has 0 aromatic carbocycles. The molecule has 0 aliphatic rings. The summed E-state index contributed by atoms with van der Waals surface area (Å²) in [7, 11) is 0. The van der Waals surface area contributed by atoms with Gasteiger partial charge >= 0.3 is 6.18 Å². The van der Waals surface area contributed by atoms with E-state index in [0.717, 1.165) is 23.5 Å². The van der Waals surface area contributed by atoms with Crippen molar-refractivity contribution in [3.05, 3.63) is 47.2 Å². The van der Waals surface area contributed by atoms with Crippen LogP contribution in [0.15, 0.2) is 45.2 Å². The Labute approximate surface area is 137 Å². The average molecular weight is 354 g/mol. The van der Waals surface area contributed by atoms with E-state index in [1.54, 1.807) is 18.2 Å². The SMILES string of the molecule is Cc1csc(Sc2cc(C(F)(F)F)nc(-c3ccccn3)n2)n1. The fraction of sp³-hybridized carbons (Fsp3) is 0.143. The Balaban J connectivity index is 2.05. The summed E-state index contributed by atoms with van der Waals surface area (Å²) in [6.45, 7) is 1.82. The Bertz CT molecular complexity index is 818. The van der Waals surface area contributed by atoms with Crippen LogP contribution < -0.4 is 0 Å². The Morgan fingerprint density at radius 1 is 1.13 bits per heavy atom. The summed E-state index contributed by atoms with van der Waals surface area (Å²) in [6.07, 6.45) is -3.07. The first kappa shape index (κ1) is 15.9. The predicted octanol–water partition coefficient (Wildman–Crippen LogP) is 4.47. The third kappa shape index (κ3) is 3.85. The molecule has 0 aliphatic heterocycles. The van der Waals surface area contributed by atoms with Crippen molar-refractivity contribution in [3.63, 3.8) is 0 Å². The summed E-state index contributed by atoms with van der Waals surface area (Å²) in [5.74, 6) is -0.0591. The predicted molar refractivity (Wildman–Crippen MR) is 81.2 cm³/mol. The first-order chi connectivity index (χ1) is 10.9. The molecule has 0 atom stereocenters. The van der Waals surface area contributed by atoms with E-state index < -0.39 is 11.9 Å². The number of rotatable bonds is 3. The van der Waals surface area contributed by atoms with Gasteiger partial charge < -0.3 is 0 Å². The first-order valence-electron chi connectivity index (χ1n) is 6.39. The highest BCUT2D eigenvalue weighted by molar-refractivity contribution is 8.01. The molecule has 0 N–H and O–H groups in total. The molecule has 4 nitrogen and oxygen atoms in total. The van der Waals surface area contributed by atoms with Crippen molar-refractivity contribution in [3.8, 4) is 11.5 Å². The van der Waals surface area contributed by atoms with Gasteiger partial charge in [0, 0.05) is 23.3 Å². The van der Waals surface area contributed by atoms with E-state index in [2.05, 4.69) is 19.9 Å². The zero-order valence-electron chi connectivity index (χ0n) is 11.7. The third-order valence-electron chi connectivity index (χ3n) is 2.68. The number of aromatic nitrogens is 4. The van der Waals surface area contributed by atoms with Gasteiger partial charge in [-0.2, -0.15) is 13.2 Å². The molecule has 9 heteroatoms. The minimum atomic E-state index is -4.55. The van der Waals surface area contributed by atoms with Crippen LogP contribution >= 0.6 is 23.1 Å². The van der Waals surface area contributed by atoms with E-state index in [1.165, 1.54) is 17.5 Å². The smallest absolute Gasteiger partial charge is 0.253 e. The van der Waals surface area contributed by atoms with Crippen molar-refractivity contribution in [2.45, 2.75) is 22.5 Å². The number of aryl methyl sites for hydroxylation is 1. The quantitative estimate of drug-likeness (QED) is 0.650. The van der Waals surface area contributed by atoms with Crippen LogP contribution in [-0.4, -0.2) is 19.9 Å². The number of nitrogens with zero attached hydrogens (tertiary/aromatic N) is 4. The molecule has 118 valence electrons. The molecule has 0 saturated heterocycles. The fourth-order valence-corrected chi connectivity index (χ4v) is 3.49. The maximum atomic E-state index is 13.1. The Morgan fingerprint density at radius 2 is 1.96 bits per heavy atom. The average Bonchev–Trinajstić information content (AvgIpc) is 2.92. The number of hydrogen-bond donors (Lipinski definition) is 0. The van der Waals surface area contributed by atoms with Crippen LogP contribution in [0.2, 0.25) is 0 Å². The van der Waals surface area contributed by atoms with Crippen molar-refractivity contribution in [2.75, 3.05) is 0 Å². The first-order valence-corrected chi connectivity index (χ1v) is 8.09. The van der Waals surface area contributed by atoms with Crippen molar-refractivity contribution in [1.29, 1.82) is 0 Å². The highest BCUT2D eigenvalue weighted by Gasteiger charge is 2.34. The molecule has 3 aromatic heterocycles. The minimum absolute atomic E-state index is 0.0591. The van der Waals surface area contributed by atoms with E-state index in [9.17, 15) is 13.2 Å². The fourth-order valence-electron chi connectivity index (χ4n) is 1.70. The maximum Gasteiger partial charge on any atom is 0.433 e. The van der Waals surface area contributed by atoms with E-state index in [1.807, 2.05) is 12.3 Å². The molecule has 0 fully saturated rings. The molecule has 0 bridgehead atoms. The molecule has 0 unspecified atom stereocenters. The molecule has 23 heavy (non-hydrogen) atoms. The summed E-state index contributed by atoms with van der Waals surface area (Å²) in [5, 5.41) is 2.01. The second-order valence-corrected chi connectivity index (χ2v) is 6.61. The Hall–Kier alpha value is -2.00. The van der Waals surface area contributed by atoms with Crippen LogP contribution in [0.5, 0.6) is 0 Å². The van der Waals surface area contributed by atoms with Gasteiger partial charge in [0.25, 0.3) is 0 Å². The highest BCUT2D eigenvalue weighted by Crippen LogP contribution is 2.34. The summed E-state index contributed by atoms with van der Waals surface area (Å²) in [4.78, 5) is 16.0. The van der Waals surface area contributed by atoms with Gasteiger partial charge in [-0.15, -0.1) is 11.3 Å². The van der Waals surface area contributed by atoms with E-state index in [0.29, 0.717) is 4.34 Å². The van der Waals surface area contributed by atoms with Crippen LogP contribution in [0.1, 0.15) is 11.4 Å². The lowest BCUT2D eigenvalue weighted by Gasteiger charge is -2.09. The molecule has 0 saturated carbocycles. The van der Waals surface area contributed by atoms with Gasteiger partial charge in [-0.25, -0.2) is 15.0 Å². The van der Waals surface area contributed by atoms with Crippen LogP contribution in [0.25, 0.3) is 11.5 Å².